The number of amides is 1. The molecule has 6 nitrogen and oxygen atoms in total. The Kier molecular flexibility index (Phi) is 4.41. The van der Waals surface area contributed by atoms with Gasteiger partial charge in [0.15, 0.2) is 5.11 Å². The molecular formula is C10H11N3O3S. The lowest BCUT2D eigenvalue weighted by Crippen LogP contribution is -2.29. The maximum atomic E-state index is 11.4. The first-order chi connectivity index (χ1) is 7.99. The molecule has 5 N–H and O–H groups in total. The van der Waals surface area contributed by atoms with E-state index in [2.05, 4.69) is 22.9 Å². The SMILES string of the molecule is NC(=S)Nc1ccc(C(=O)NCC(=O)O)cc1. The molecule has 1 aromatic carbocycles. The molecule has 0 aliphatic rings. The fourth-order valence-electron chi connectivity index (χ4n) is 1.11. The first kappa shape index (κ1) is 12.9. The summed E-state index contributed by atoms with van der Waals surface area (Å²) in [7, 11) is 0. The number of rotatable bonds is 4. The molecule has 0 saturated heterocycles. The number of aliphatic carboxylic acids is 1. The van der Waals surface area contributed by atoms with Crippen LogP contribution >= 0.6 is 12.2 Å². The minimum absolute atomic E-state index is 0.132. The third-order valence-corrected chi connectivity index (χ3v) is 1.92. The predicted molar refractivity (Wildman–Crippen MR) is 66.8 cm³/mol. The third kappa shape index (κ3) is 4.47. The molecule has 0 fully saturated rings. The second-order valence-corrected chi connectivity index (χ2v) is 3.58. The molecule has 90 valence electrons. The number of carbonyl (C=O) groups excluding carboxylic acids is 1. The van der Waals surface area contributed by atoms with Crippen LogP contribution in [0.4, 0.5) is 5.69 Å². The molecule has 0 heterocycles. The normalized spacial score (nSPS) is 9.41. The van der Waals surface area contributed by atoms with E-state index in [4.69, 9.17) is 10.8 Å². The molecule has 0 aliphatic carbocycles. The average molecular weight is 253 g/mol. The van der Waals surface area contributed by atoms with Crippen LogP contribution in [0.1, 0.15) is 10.4 Å². The lowest BCUT2D eigenvalue weighted by atomic mass is 10.2. The Morgan fingerprint density at radius 3 is 2.35 bits per heavy atom. The fraction of sp³-hybridized carbons (Fsp3) is 0.100. The Labute approximate surface area is 103 Å². The summed E-state index contributed by atoms with van der Waals surface area (Å²) >= 11 is 4.65. The monoisotopic (exact) mass is 253 g/mol. The first-order valence-corrected chi connectivity index (χ1v) is 5.06. The Morgan fingerprint density at radius 1 is 1.29 bits per heavy atom. The van der Waals surface area contributed by atoms with E-state index >= 15 is 0 Å². The molecule has 17 heavy (non-hydrogen) atoms. The molecule has 0 saturated carbocycles. The Morgan fingerprint density at radius 2 is 1.88 bits per heavy atom. The molecule has 0 radical (unpaired) electrons. The van der Waals surface area contributed by atoms with E-state index in [1.165, 1.54) is 12.1 Å². The van der Waals surface area contributed by atoms with Crippen molar-refractivity contribution in [2.24, 2.45) is 5.73 Å². The van der Waals surface area contributed by atoms with Gasteiger partial charge < -0.3 is 21.5 Å². The van der Waals surface area contributed by atoms with E-state index in [1.807, 2.05) is 0 Å². The van der Waals surface area contributed by atoms with Crippen LogP contribution in [-0.4, -0.2) is 28.6 Å². The van der Waals surface area contributed by atoms with E-state index in [9.17, 15) is 9.59 Å². The quantitative estimate of drug-likeness (QED) is 0.570. The molecule has 0 unspecified atom stereocenters. The van der Waals surface area contributed by atoms with Crippen molar-refractivity contribution < 1.29 is 14.7 Å². The predicted octanol–water partition coefficient (Wildman–Crippen LogP) is 0.156. The van der Waals surface area contributed by atoms with Crippen LogP contribution in [-0.2, 0) is 4.79 Å². The van der Waals surface area contributed by atoms with Crippen LogP contribution in [0.2, 0.25) is 0 Å². The maximum absolute atomic E-state index is 11.4. The number of hydrogen-bond acceptors (Lipinski definition) is 3. The van der Waals surface area contributed by atoms with E-state index in [0.717, 1.165) is 0 Å². The summed E-state index contributed by atoms with van der Waals surface area (Å²) in [6.45, 7) is -0.411. The first-order valence-electron chi connectivity index (χ1n) is 4.65. The minimum Gasteiger partial charge on any atom is -0.480 e. The summed E-state index contributed by atoms with van der Waals surface area (Å²) < 4.78 is 0. The van der Waals surface area contributed by atoms with Gasteiger partial charge in [-0.3, -0.25) is 9.59 Å². The van der Waals surface area contributed by atoms with Crippen LogP contribution in [0.15, 0.2) is 24.3 Å². The van der Waals surface area contributed by atoms with Crippen molar-refractivity contribution in [1.82, 2.24) is 5.32 Å². The smallest absolute Gasteiger partial charge is 0.322 e. The van der Waals surface area contributed by atoms with E-state index < -0.39 is 18.4 Å². The molecule has 1 amide bonds. The van der Waals surface area contributed by atoms with Crippen molar-refractivity contribution in [3.63, 3.8) is 0 Å². The molecule has 1 aromatic rings. The molecular weight excluding hydrogens is 242 g/mol. The van der Waals surface area contributed by atoms with Crippen LogP contribution < -0.4 is 16.4 Å². The Bertz CT molecular complexity index is 445. The summed E-state index contributed by atoms with van der Waals surface area (Å²) in [6, 6.07) is 6.32. The number of anilines is 1. The zero-order valence-electron chi connectivity index (χ0n) is 8.77. The molecule has 7 heteroatoms. The van der Waals surface area contributed by atoms with Crippen molar-refractivity contribution in [1.29, 1.82) is 0 Å². The standard InChI is InChI=1S/C10H11N3O3S/c11-10(17)13-7-3-1-6(2-4-7)9(16)12-5-8(14)15/h1-4H,5H2,(H,12,16)(H,14,15)(H3,11,13,17). The highest BCUT2D eigenvalue weighted by atomic mass is 32.1. The summed E-state index contributed by atoms with van der Waals surface area (Å²) in [4.78, 5) is 21.7. The molecule has 0 atom stereocenters. The maximum Gasteiger partial charge on any atom is 0.322 e. The number of carboxylic acids is 1. The van der Waals surface area contributed by atoms with Crippen molar-refractivity contribution in [2.75, 3.05) is 11.9 Å². The molecule has 1 rings (SSSR count). The van der Waals surface area contributed by atoms with Gasteiger partial charge in [-0.05, 0) is 36.5 Å². The zero-order chi connectivity index (χ0) is 12.8. The Hall–Kier alpha value is -2.15. The van der Waals surface area contributed by atoms with Crippen molar-refractivity contribution in [3.05, 3.63) is 29.8 Å². The number of benzene rings is 1. The van der Waals surface area contributed by atoms with Gasteiger partial charge in [0.1, 0.15) is 6.54 Å². The number of nitrogens with one attached hydrogen (secondary N) is 2. The van der Waals surface area contributed by atoms with Gasteiger partial charge in [0.2, 0.25) is 0 Å². The second-order valence-electron chi connectivity index (χ2n) is 3.14. The van der Waals surface area contributed by atoms with Crippen LogP contribution in [0.5, 0.6) is 0 Å². The van der Waals surface area contributed by atoms with Gasteiger partial charge in [0.25, 0.3) is 5.91 Å². The molecule has 0 aromatic heterocycles. The van der Waals surface area contributed by atoms with Gasteiger partial charge in [-0.1, -0.05) is 0 Å². The minimum atomic E-state index is -1.09. The molecule has 0 spiro atoms. The number of carboxylic acid groups (broad SMARTS) is 1. The summed E-state index contributed by atoms with van der Waals surface area (Å²) in [5.74, 6) is -1.54. The molecule has 0 bridgehead atoms. The Balaban J connectivity index is 2.63. The van der Waals surface area contributed by atoms with Crippen molar-refractivity contribution in [2.45, 2.75) is 0 Å². The lowest BCUT2D eigenvalue weighted by molar-refractivity contribution is -0.135. The topological polar surface area (TPSA) is 104 Å². The highest BCUT2D eigenvalue weighted by Gasteiger charge is 2.06. The molecule has 0 aliphatic heterocycles. The van der Waals surface area contributed by atoms with Gasteiger partial charge in [-0.25, -0.2) is 0 Å². The van der Waals surface area contributed by atoms with E-state index in [0.29, 0.717) is 11.3 Å². The highest BCUT2D eigenvalue weighted by Crippen LogP contribution is 2.08. The number of carbonyl (C=O) groups is 2. The van der Waals surface area contributed by atoms with Crippen molar-refractivity contribution >= 4 is 34.9 Å². The fourth-order valence-corrected chi connectivity index (χ4v) is 1.22. The highest BCUT2D eigenvalue weighted by molar-refractivity contribution is 7.80. The van der Waals surface area contributed by atoms with Crippen molar-refractivity contribution in [3.8, 4) is 0 Å². The van der Waals surface area contributed by atoms with Gasteiger partial charge >= 0.3 is 5.97 Å². The number of nitrogens with two attached hydrogens (primary N) is 1. The summed E-state index contributed by atoms with van der Waals surface area (Å²) in [6.07, 6.45) is 0. The number of hydrogen-bond donors (Lipinski definition) is 4. The zero-order valence-corrected chi connectivity index (χ0v) is 9.58. The second kappa shape index (κ2) is 5.80. The van der Waals surface area contributed by atoms with Crippen LogP contribution in [0, 0.1) is 0 Å². The summed E-state index contributed by atoms with van der Waals surface area (Å²) in [5.41, 5.74) is 6.30. The lowest BCUT2D eigenvalue weighted by Gasteiger charge is -2.05. The van der Waals surface area contributed by atoms with E-state index in [1.54, 1.807) is 12.1 Å². The number of thiocarbonyl (C=S) groups is 1. The van der Waals surface area contributed by atoms with E-state index in [-0.39, 0.29) is 5.11 Å². The average Bonchev–Trinajstić information content (AvgIpc) is 2.26. The van der Waals surface area contributed by atoms with Gasteiger partial charge in [-0.2, -0.15) is 0 Å². The van der Waals surface area contributed by atoms with Crippen LogP contribution in [0.3, 0.4) is 0 Å². The third-order valence-electron chi connectivity index (χ3n) is 1.81. The summed E-state index contributed by atoms with van der Waals surface area (Å²) in [5, 5.41) is 13.5. The van der Waals surface area contributed by atoms with Crippen LogP contribution in [0.25, 0.3) is 0 Å². The largest absolute Gasteiger partial charge is 0.480 e. The van der Waals surface area contributed by atoms with Gasteiger partial charge in [-0.15, -0.1) is 0 Å². The van der Waals surface area contributed by atoms with Gasteiger partial charge in [0.05, 0.1) is 0 Å². The van der Waals surface area contributed by atoms with Gasteiger partial charge in [0, 0.05) is 11.3 Å².